The maximum Gasteiger partial charge on any atom is 0.0626 e. The standard InChI is InChI=1S/C17H18ClNO/c18-14-8-5-13(6-9-14)17(11-20)19-16-10-7-12-3-1-2-4-15(12)16/h1-6,8-9,16-17,19-20H,7,10-11H2. The van der Waals surface area contributed by atoms with Crippen LogP contribution in [0.3, 0.4) is 0 Å². The third-order valence-corrected chi connectivity index (χ3v) is 4.24. The van der Waals surface area contributed by atoms with Crippen molar-refractivity contribution in [2.75, 3.05) is 6.61 Å². The Hall–Kier alpha value is -1.35. The van der Waals surface area contributed by atoms with Crippen LogP contribution in [0.2, 0.25) is 5.02 Å². The molecule has 0 amide bonds. The van der Waals surface area contributed by atoms with Gasteiger partial charge >= 0.3 is 0 Å². The number of aliphatic hydroxyl groups is 1. The van der Waals surface area contributed by atoms with Crippen molar-refractivity contribution in [1.82, 2.24) is 5.32 Å². The SMILES string of the molecule is OCC(NC1CCc2ccccc21)c1ccc(Cl)cc1. The fourth-order valence-electron chi connectivity index (χ4n) is 2.92. The van der Waals surface area contributed by atoms with E-state index in [4.69, 9.17) is 11.6 Å². The second-order valence-electron chi connectivity index (χ2n) is 5.24. The number of nitrogens with one attached hydrogen (secondary N) is 1. The zero-order valence-corrected chi connectivity index (χ0v) is 12.0. The van der Waals surface area contributed by atoms with Gasteiger partial charge in [0.25, 0.3) is 0 Å². The first-order valence-corrected chi connectivity index (χ1v) is 7.36. The number of hydrogen-bond donors (Lipinski definition) is 2. The summed E-state index contributed by atoms with van der Waals surface area (Å²) in [5.41, 5.74) is 3.85. The molecular weight excluding hydrogens is 270 g/mol. The van der Waals surface area contributed by atoms with Gasteiger partial charge in [0.1, 0.15) is 0 Å². The van der Waals surface area contributed by atoms with Crippen molar-refractivity contribution in [3.63, 3.8) is 0 Å². The average molecular weight is 288 g/mol. The lowest BCUT2D eigenvalue weighted by Gasteiger charge is -2.22. The Labute approximate surface area is 124 Å². The first kappa shape index (κ1) is 13.6. The predicted octanol–water partition coefficient (Wildman–Crippen LogP) is 3.65. The minimum Gasteiger partial charge on any atom is -0.394 e. The quantitative estimate of drug-likeness (QED) is 0.900. The Kier molecular flexibility index (Phi) is 4.06. The van der Waals surface area contributed by atoms with Crippen molar-refractivity contribution < 1.29 is 5.11 Å². The molecule has 0 heterocycles. The van der Waals surface area contributed by atoms with Gasteiger partial charge in [0.15, 0.2) is 0 Å². The lowest BCUT2D eigenvalue weighted by Crippen LogP contribution is -2.27. The third kappa shape index (κ3) is 2.73. The van der Waals surface area contributed by atoms with E-state index in [0.29, 0.717) is 6.04 Å². The summed E-state index contributed by atoms with van der Waals surface area (Å²) in [5, 5.41) is 13.9. The Bertz CT molecular complexity index is 582. The molecule has 3 rings (SSSR count). The number of fused-ring (bicyclic) bond motifs is 1. The summed E-state index contributed by atoms with van der Waals surface area (Å²) in [6, 6.07) is 16.5. The molecule has 2 nitrogen and oxygen atoms in total. The van der Waals surface area contributed by atoms with Gasteiger partial charge in [-0.05, 0) is 41.7 Å². The zero-order valence-electron chi connectivity index (χ0n) is 11.2. The largest absolute Gasteiger partial charge is 0.394 e. The Morgan fingerprint density at radius 2 is 1.90 bits per heavy atom. The van der Waals surface area contributed by atoms with Crippen molar-refractivity contribution in [2.45, 2.75) is 24.9 Å². The minimum atomic E-state index is -0.0524. The fraction of sp³-hybridized carbons (Fsp3) is 0.294. The maximum atomic E-state index is 9.66. The number of halogens is 1. The van der Waals surface area contributed by atoms with Gasteiger partial charge in [0.05, 0.1) is 12.6 Å². The Morgan fingerprint density at radius 1 is 1.15 bits per heavy atom. The number of rotatable bonds is 4. The molecule has 0 fully saturated rings. The highest BCUT2D eigenvalue weighted by Crippen LogP contribution is 2.32. The molecular formula is C17H18ClNO. The third-order valence-electron chi connectivity index (χ3n) is 3.99. The summed E-state index contributed by atoms with van der Waals surface area (Å²) in [4.78, 5) is 0. The lowest BCUT2D eigenvalue weighted by molar-refractivity contribution is 0.233. The Balaban J connectivity index is 1.78. The molecule has 0 bridgehead atoms. The van der Waals surface area contributed by atoms with Crippen LogP contribution in [0.5, 0.6) is 0 Å². The molecule has 0 spiro atoms. The van der Waals surface area contributed by atoms with Gasteiger partial charge in [-0.25, -0.2) is 0 Å². The van der Waals surface area contributed by atoms with Crippen LogP contribution in [0, 0.1) is 0 Å². The van der Waals surface area contributed by atoms with E-state index in [1.54, 1.807) is 0 Å². The Morgan fingerprint density at radius 3 is 2.65 bits per heavy atom. The fourth-order valence-corrected chi connectivity index (χ4v) is 3.05. The molecule has 0 aromatic heterocycles. The molecule has 2 aromatic carbocycles. The highest BCUT2D eigenvalue weighted by atomic mass is 35.5. The number of benzene rings is 2. The van der Waals surface area contributed by atoms with Crippen LogP contribution in [0.1, 0.15) is 35.2 Å². The number of hydrogen-bond acceptors (Lipinski definition) is 2. The first-order chi connectivity index (χ1) is 9.78. The van der Waals surface area contributed by atoms with E-state index in [-0.39, 0.29) is 12.6 Å². The molecule has 2 unspecified atom stereocenters. The molecule has 0 saturated heterocycles. The highest BCUT2D eigenvalue weighted by Gasteiger charge is 2.24. The van der Waals surface area contributed by atoms with Crippen molar-refractivity contribution in [2.24, 2.45) is 0 Å². The summed E-state index contributed by atoms with van der Waals surface area (Å²) in [6.45, 7) is 0.0836. The van der Waals surface area contributed by atoms with Gasteiger partial charge in [-0.1, -0.05) is 48.0 Å². The molecule has 1 aliphatic rings. The smallest absolute Gasteiger partial charge is 0.0626 e. The van der Waals surface area contributed by atoms with E-state index in [0.717, 1.165) is 23.4 Å². The van der Waals surface area contributed by atoms with Crippen LogP contribution >= 0.6 is 11.6 Å². The van der Waals surface area contributed by atoms with Gasteiger partial charge in [-0.15, -0.1) is 0 Å². The van der Waals surface area contributed by atoms with E-state index in [2.05, 4.69) is 29.6 Å². The van der Waals surface area contributed by atoms with Crippen molar-refractivity contribution >= 4 is 11.6 Å². The van der Waals surface area contributed by atoms with Crippen molar-refractivity contribution in [1.29, 1.82) is 0 Å². The molecule has 104 valence electrons. The monoisotopic (exact) mass is 287 g/mol. The van der Waals surface area contributed by atoms with Crippen LogP contribution in [-0.2, 0) is 6.42 Å². The summed E-state index contributed by atoms with van der Waals surface area (Å²) < 4.78 is 0. The summed E-state index contributed by atoms with van der Waals surface area (Å²) in [6.07, 6.45) is 2.19. The zero-order chi connectivity index (χ0) is 13.9. The first-order valence-electron chi connectivity index (χ1n) is 6.98. The van der Waals surface area contributed by atoms with E-state index >= 15 is 0 Å². The van der Waals surface area contributed by atoms with E-state index in [1.165, 1.54) is 11.1 Å². The molecule has 2 N–H and O–H groups in total. The normalized spacial score (nSPS) is 18.8. The second-order valence-corrected chi connectivity index (χ2v) is 5.68. The summed E-state index contributed by atoms with van der Waals surface area (Å²) >= 11 is 5.91. The van der Waals surface area contributed by atoms with Crippen LogP contribution < -0.4 is 5.32 Å². The highest BCUT2D eigenvalue weighted by molar-refractivity contribution is 6.30. The van der Waals surface area contributed by atoms with Gasteiger partial charge in [-0.3, -0.25) is 0 Å². The number of aliphatic hydroxyl groups excluding tert-OH is 1. The predicted molar refractivity (Wildman–Crippen MR) is 81.9 cm³/mol. The summed E-state index contributed by atoms with van der Waals surface area (Å²) in [5.74, 6) is 0. The van der Waals surface area contributed by atoms with Crippen molar-refractivity contribution in [3.05, 3.63) is 70.2 Å². The van der Waals surface area contributed by atoms with Gasteiger partial charge in [-0.2, -0.15) is 0 Å². The topological polar surface area (TPSA) is 32.3 Å². The van der Waals surface area contributed by atoms with Crippen LogP contribution in [-0.4, -0.2) is 11.7 Å². The van der Waals surface area contributed by atoms with E-state index < -0.39 is 0 Å². The molecule has 0 radical (unpaired) electrons. The average Bonchev–Trinajstić information content (AvgIpc) is 2.89. The maximum absolute atomic E-state index is 9.66. The van der Waals surface area contributed by atoms with E-state index in [1.807, 2.05) is 24.3 Å². The molecule has 0 saturated carbocycles. The van der Waals surface area contributed by atoms with Crippen molar-refractivity contribution in [3.8, 4) is 0 Å². The van der Waals surface area contributed by atoms with Crippen LogP contribution in [0.25, 0.3) is 0 Å². The lowest BCUT2D eigenvalue weighted by atomic mass is 10.0. The van der Waals surface area contributed by atoms with Crippen LogP contribution in [0.4, 0.5) is 0 Å². The molecule has 3 heteroatoms. The minimum absolute atomic E-state index is 0.0524. The molecule has 2 atom stereocenters. The van der Waals surface area contributed by atoms with Crippen LogP contribution in [0.15, 0.2) is 48.5 Å². The van der Waals surface area contributed by atoms with Gasteiger partial charge in [0.2, 0.25) is 0 Å². The molecule has 20 heavy (non-hydrogen) atoms. The van der Waals surface area contributed by atoms with E-state index in [9.17, 15) is 5.11 Å². The number of aryl methyl sites for hydroxylation is 1. The second kappa shape index (κ2) is 5.96. The van der Waals surface area contributed by atoms with Gasteiger partial charge < -0.3 is 10.4 Å². The molecule has 0 aliphatic heterocycles. The summed E-state index contributed by atoms with van der Waals surface area (Å²) in [7, 11) is 0. The molecule has 2 aromatic rings. The van der Waals surface area contributed by atoms with Gasteiger partial charge in [0, 0.05) is 11.1 Å². The molecule has 1 aliphatic carbocycles.